The first-order valence-electron chi connectivity index (χ1n) is 14.0. The number of rotatable bonds is 7. The third kappa shape index (κ3) is 5.28. The summed E-state index contributed by atoms with van der Waals surface area (Å²) in [6.45, 7) is 4.05. The summed E-state index contributed by atoms with van der Waals surface area (Å²) in [5.41, 5.74) is 3.84. The Labute approximate surface area is 252 Å². The van der Waals surface area contributed by atoms with Crippen molar-refractivity contribution in [3.8, 4) is 5.75 Å². The molecule has 1 saturated heterocycles. The normalized spacial score (nSPS) is 16.8. The van der Waals surface area contributed by atoms with Crippen LogP contribution in [0.15, 0.2) is 88.2 Å². The van der Waals surface area contributed by atoms with Crippen LogP contribution in [0, 0.1) is 0 Å². The van der Waals surface area contributed by atoms with Crippen molar-refractivity contribution in [2.45, 2.75) is 25.8 Å². The number of nitrogens with zero attached hydrogens (tertiary/aromatic N) is 3. The molecule has 4 aromatic rings. The molecule has 0 amide bonds. The summed E-state index contributed by atoms with van der Waals surface area (Å²) in [5, 5.41) is 0.451. The van der Waals surface area contributed by atoms with E-state index in [2.05, 4.69) is 17.0 Å². The summed E-state index contributed by atoms with van der Waals surface area (Å²) in [5.74, 6) is -0.0634. The molecule has 9 heteroatoms. The predicted molar refractivity (Wildman–Crippen MR) is 167 cm³/mol. The molecule has 0 spiro atoms. The van der Waals surface area contributed by atoms with E-state index in [1.807, 2.05) is 48.5 Å². The van der Waals surface area contributed by atoms with Crippen LogP contribution in [0.3, 0.4) is 0 Å². The predicted octanol–water partition coefficient (Wildman–Crippen LogP) is 5.20. The topological polar surface area (TPSA) is 73.1 Å². The summed E-state index contributed by atoms with van der Waals surface area (Å²) in [7, 11) is 1.55. The van der Waals surface area contributed by atoms with Crippen LogP contribution in [0.5, 0.6) is 5.75 Å². The molecule has 0 N–H and O–H groups in total. The second-order valence-electron chi connectivity index (χ2n) is 10.1. The van der Waals surface area contributed by atoms with Gasteiger partial charge in [-0.1, -0.05) is 65.4 Å². The van der Waals surface area contributed by atoms with E-state index < -0.39 is 12.0 Å². The summed E-state index contributed by atoms with van der Waals surface area (Å²) in [6.07, 6.45) is 4.29. The van der Waals surface area contributed by atoms with Crippen LogP contribution in [-0.4, -0.2) is 37.3 Å². The highest BCUT2D eigenvalue weighted by atomic mass is 35.5. The quantitative estimate of drug-likeness (QED) is 0.273. The van der Waals surface area contributed by atoms with E-state index in [0.717, 1.165) is 24.2 Å². The van der Waals surface area contributed by atoms with Crippen LogP contribution < -0.4 is 24.5 Å². The molecule has 3 heterocycles. The molecule has 2 aliphatic rings. The number of fused-ring (bicyclic) bond motifs is 1. The Balaban J connectivity index is 1.58. The molecule has 42 heavy (non-hydrogen) atoms. The van der Waals surface area contributed by atoms with Crippen molar-refractivity contribution < 1.29 is 14.3 Å². The van der Waals surface area contributed by atoms with Gasteiger partial charge in [0.15, 0.2) is 4.80 Å². The van der Waals surface area contributed by atoms with Gasteiger partial charge < -0.3 is 14.4 Å². The maximum absolute atomic E-state index is 14.2. The molecule has 1 fully saturated rings. The number of hydrogen-bond acceptors (Lipinski definition) is 7. The number of benzene rings is 3. The molecule has 1 atom stereocenters. The second-order valence-corrected chi connectivity index (χ2v) is 11.5. The van der Waals surface area contributed by atoms with E-state index in [1.54, 1.807) is 36.8 Å². The number of aromatic nitrogens is 1. The SMILES string of the molecule is CCOC(=O)C1=C(c2ccccc2)N=c2s/c(=C\c3ccc(N4CCCC4)cc3)c(=O)n2[C@@H]1c1cc(Cl)ccc1OC. The van der Waals surface area contributed by atoms with E-state index in [-0.39, 0.29) is 17.7 Å². The number of carbonyl (C=O) groups excluding carboxylic acids is 1. The second kappa shape index (κ2) is 12.0. The number of hydrogen-bond donors (Lipinski definition) is 0. The van der Waals surface area contributed by atoms with Gasteiger partial charge in [0, 0.05) is 34.9 Å². The van der Waals surface area contributed by atoms with E-state index >= 15 is 0 Å². The Kier molecular flexibility index (Phi) is 8.00. The summed E-state index contributed by atoms with van der Waals surface area (Å²) in [4.78, 5) is 35.6. The van der Waals surface area contributed by atoms with Gasteiger partial charge in [0.05, 0.1) is 29.5 Å². The lowest BCUT2D eigenvalue weighted by atomic mass is 9.92. The largest absolute Gasteiger partial charge is 0.496 e. The smallest absolute Gasteiger partial charge is 0.338 e. The highest BCUT2D eigenvalue weighted by Gasteiger charge is 2.36. The molecule has 0 radical (unpaired) electrons. The zero-order valence-electron chi connectivity index (χ0n) is 23.4. The zero-order chi connectivity index (χ0) is 29.2. The fraction of sp³-hybridized carbons (Fsp3) is 0.242. The van der Waals surface area contributed by atoms with Crippen molar-refractivity contribution in [2.75, 3.05) is 31.7 Å². The lowest BCUT2D eigenvalue weighted by Gasteiger charge is -2.27. The molecule has 7 nitrogen and oxygen atoms in total. The van der Waals surface area contributed by atoms with Crippen LogP contribution in [0.4, 0.5) is 5.69 Å². The monoisotopic (exact) mass is 599 g/mol. The Bertz CT molecular complexity index is 1840. The molecule has 0 unspecified atom stereocenters. The van der Waals surface area contributed by atoms with Crippen molar-refractivity contribution >= 4 is 46.4 Å². The number of anilines is 1. The highest BCUT2D eigenvalue weighted by molar-refractivity contribution is 7.07. The van der Waals surface area contributed by atoms with Crippen molar-refractivity contribution in [1.29, 1.82) is 0 Å². The van der Waals surface area contributed by atoms with E-state index in [9.17, 15) is 9.59 Å². The lowest BCUT2D eigenvalue weighted by Crippen LogP contribution is -2.40. The average Bonchev–Trinajstić information content (AvgIpc) is 3.66. The van der Waals surface area contributed by atoms with E-state index in [0.29, 0.717) is 31.4 Å². The molecule has 0 bridgehead atoms. The number of ether oxygens (including phenoxy) is 2. The van der Waals surface area contributed by atoms with Crippen molar-refractivity contribution in [3.05, 3.63) is 120 Å². The van der Waals surface area contributed by atoms with E-state index in [4.69, 9.17) is 26.1 Å². The fourth-order valence-electron chi connectivity index (χ4n) is 5.56. The Morgan fingerprint density at radius 3 is 2.50 bits per heavy atom. The Morgan fingerprint density at radius 2 is 1.81 bits per heavy atom. The van der Waals surface area contributed by atoms with Crippen LogP contribution in [0.2, 0.25) is 5.02 Å². The number of thiazole rings is 1. The molecule has 1 aromatic heterocycles. The molecule has 0 aliphatic carbocycles. The minimum absolute atomic E-state index is 0.168. The average molecular weight is 600 g/mol. The third-order valence-corrected chi connectivity index (χ3v) is 8.74. The molecular formula is C33H30ClN3O4S. The fourth-order valence-corrected chi connectivity index (χ4v) is 6.74. The Hall–Kier alpha value is -4.14. The highest BCUT2D eigenvalue weighted by Crippen LogP contribution is 2.39. The van der Waals surface area contributed by atoms with Gasteiger partial charge in [0.2, 0.25) is 0 Å². The van der Waals surface area contributed by atoms with Gasteiger partial charge in [0.25, 0.3) is 5.56 Å². The van der Waals surface area contributed by atoms with Gasteiger partial charge >= 0.3 is 5.97 Å². The first kappa shape index (κ1) is 28.0. The molecule has 214 valence electrons. The number of carbonyl (C=O) groups is 1. The van der Waals surface area contributed by atoms with Gasteiger partial charge in [-0.05, 0) is 61.7 Å². The third-order valence-electron chi connectivity index (χ3n) is 7.52. The summed E-state index contributed by atoms with van der Waals surface area (Å²) >= 11 is 7.75. The minimum Gasteiger partial charge on any atom is -0.496 e. The summed E-state index contributed by atoms with van der Waals surface area (Å²) in [6, 6.07) is 22.0. The van der Waals surface area contributed by atoms with Gasteiger partial charge in [-0.3, -0.25) is 9.36 Å². The molecule has 2 aliphatic heterocycles. The van der Waals surface area contributed by atoms with E-state index in [1.165, 1.54) is 29.9 Å². The molecule has 0 saturated carbocycles. The van der Waals surface area contributed by atoms with Gasteiger partial charge in [-0.15, -0.1) is 0 Å². The molecular weight excluding hydrogens is 570 g/mol. The van der Waals surface area contributed by atoms with Crippen LogP contribution in [0.1, 0.15) is 42.5 Å². The van der Waals surface area contributed by atoms with Crippen LogP contribution in [0.25, 0.3) is 11.8 Å². The van der Waals surface area contributed by atoms with Crippen molar-refractivity contribution in [1.82, 2.24) is 4.57 Å². The maximum atomic E-state index is 14.2. The Morgan fingerprint density at radius 1 is 1.07 bits per heavy atom. The van der Waals surface area contributed by atoms with Crippen molar-refractivity contribution in [3.63, 3.8) is 0 Å². The molecule has 3 aromatic carbocycles. The van der Waals surface area contributed by atoms with Gasteiger partial charge in [0.1, 0.15) is 11.8 Å². The van der Waals surface area contributed by atoms with Crippen LogP contribution in [-0.2, 0) is 9.53 Å². The van der Waals surface area contributed by atoms with Crippen molar-refractivity contribution in [2.24, 2.45) is 4.99 Å². The standard InChI is InChI=1S/C33H30ClN3O4S/c1-3-41-32(39)28-29(22-9-5-4-6-10-22)35-33-37(30(28)25-20-23(34)13-16-26(25)40-2)31(38)27(42-33)19-21-11-14-24(15-12-21)36-17-7-8-18-36/h4-6,9-16,19-20,30H,3,7-8,17-18H2,1-2H3/b27-19-/t30-/m1/s1. The van der Waals surface area contributed by atoms with Gasteiger partial charge in [-0.2, -0.15) is 0 Å². The number of methoxy groups -OCH3 is 1. The zero-order valence-corrected chi connectivity index (χ0v) is 25.0. The maximum Gasteiger partial charge on any atom is 0.338 e. The van der Waals surface area contributed by atoms with Gasteiger partial charge in [-0.25, -0.2) is 9.79 Å². The minimum atomic E-state index is -0.871. The first-order chi connectivity index (χ1) is 20.5. The van der Waals surface area contributed by atoms with Crippen LogP contribution >= 0.6 is 22.9 Å². The summed E-state index contributed by atoms with van der Waals surface area (Å²) < 4.78 is 13.3. The lowest BCUT2D eigenvalue weighted by molar-refractivity contribution is -0.138. The molecule has 6 rings (SSSR count). The number of halogens is 1. The number of esters is 1. The first-order valence-corrected chi connectivity index (χ1v) is 15.1.